The molecule has 0 amide bonds. The topological polar surface area (TPSA) is 217 Å². The molecule has 7 aliphatic rings. The first kappa shape index (κ1) is 49.1. The minimum Gasteiger partial charge on any atom is -0.394 e. The van der Waals surface area contributed by atoms with Gasteiger partial charge in [0.1, 0.15) is 6.10 Å². The highest BCUT2D eigenvalue weighted by Crippen LogP contribution is 2.75. The largest absolute Gasteiger partial charge is 0.394 e. The zero-order valence-electron chi connectivity index (χ0n) is 38.7. The highest BCUT2D eigenvalue weighted by atomic mass is 16.7. The summed E-state index contributed by atoms with van der Waals surface area (Å²) < 4.78 is 37.4. The Kier molecular flexibility index (Phi) is 14.8. The third kappa shape index (κ3) is 9.12. The van der Waals surface area contributed by atoms with Gasteiger partial charge in [0.2, 0.25) is 0 Å². The van der Waals surface area contributed by atoms with E-state index in [0.29, 0.717) is 31.6 Å². The van der Waals surface area contributed by atoms with E-state index >= 15 is 0 Å². The monoisotopic (exact) mass is 883 g/mol. The number of aliphatic hydroxyl groups excluding tert-OH is 7. The van der Waals surface area contributed by atoms with Gasteiger partial charge in [-0.05, 0) is 99.7 Å². The van der Waals surface area contributed by atoms with Crippen LogP contribution in [0.15, 0.2) is 11.6 Å². The summed E-state index contributed by atoms with van der Waals surface area (Å²) in [5.41, 5.74) is -0.695. The summed E-state index contributed by atoms with van der Waals surface area (Å²) >= 11 is 0. The van der Waals surface area contributed by atoms with Crippen LogP contribution in [0.4, 0.5) is 0 Å². The molecule has 3 heterocycles. The molecule has 0 aromatic carbocycles. The fourth-order valence-electron chi connectivity index (χ4n) is 14.2. The van der Waals surface area contributed by atoms with Gasteiger partial charge in [0, 0.05) is 42.9 Å². The quantitative estimate of drug-likeness (QED) is 0.115. The third-order valence-electron chi connectivity index (χ3n) is 18.0. The van der Waals surface area contributed by atoms with Crippen molar-refractivity contribution in [2.75, 3.05) is 19.8 Å². The van der Waals surface area contributed by atoms with Gasteiger partial charge < -0.3 is 69.3 Å². The van der Waals surface area contributed by atoms with Crippen LogP contribution in [0.2, 0.25) is 0 Å². The van der Waals surface area contributed by atoms with Crippen LogP contribution in [0.5, 0.6) is 0 Å². The fourth-order valence-corrected chi connectivity index (χ4v) is 14.2. The summed E-state index contributed by atoms with van der Waals surface area (Å²) in [6, 6.07) is 0. The molecule has 14 heteroatoms. The Morgan fingerprint density at radius 3 is 1.95 bits per heavy atom. The van der Waals surface area contributed by atoms with Gasteiger partial charge in [0.25, 0.3) is 0 Å². The van der Waals surface area contributed by atoms with E-state index in [9.17, 15) is 40.9 Å². The van der Waals surface area contributed by atoms with Crippen molar-refractivity contribution in [1.82, 2.24) is 0 Å². The normalized spacial score (nSPS) is 48.1. The second kappa shape index (κ2) is 18.7. The molecule has 3 saturated carbocycles. The molecule has 3 saturated heterocycles. The van der Waals surface area contributed by atoms with E-state index in [1.807, 2.05) is 0 Å². The van der Waals surface area contributed by atoms with Crippen molar-refractivity contribution in [3.05, 3.63) is 11.6 Å². The van der Waals surface area contributed by atoms with Crippen LogP contribution in [-0.4, -0.2) is 146 Å². The van der Waals surface area contributed by atoms with E-state index in [1.54, 1.807) is 13.8 Å². The number of fused-ring (bicyclic) bond motifs is 5. The molecule has 8 N–H and O–H groups in total. The van der Waals surface area contributed by atoms with Gasteiger partial charge >= 0.3 is 0 Å². The van der Waals surface area contributed by atoms with Crippen LogP contribution >= 0.6 is 0 Å². The summed E-state index contributed by atoms with van der Waals surface area (Å²) in [4.78, 5) is 0. The zero-order chi connectivity index (χ0) is 45.2. The smallest absolute Gasteiger partial charge is 0.187 e. The summed E-state index contributed by atoms with van der Waals surface area (Å²) in [5, 5.41) is 85.7. The second-order valence-electron chi connectivity index (χ2n) is 22.5. The van der Waals surface area contributed by atoms with Crippen molar-refractivity contribution >= 4 is 0 Å². The van der Waals surface area contributed by atoms with Gasteiger partial charge in [-0.3, -0.25) is 0 Å². The Morgan fingerprint density at radius 1 is 0.758 bits per heavy atom. The molecule has 0 aromatic rings. The number of rotatable bonds is 14. The van der Waals surface area contributed by atoms with Crippen LogP contribution < -0.4 is 0 Å². The lowest BCUT2D eigenvalue weighted by Crippen LogP contribution is -2.64. The first-order chi connectivity index (χ1) is 29.1. The molecule has 62 heavy (non-hydrogen) atoms. The van der Waals surface area contributed by atoms with Crippen LogP contribution in [0.1, 0.15) is 139 Å². The first-order valence-corrected chi connectivity index (χ1v) is 24.0. The number of hydrogen-bond donors (Lipinski definition) is 8. The summed E-state index contributed by atoms with van der Waals surface area (Å²) in [6.45, 7) is 16.7. The molecule has 0 spiro atoms. The van der Waals surface area contributed by atoms with Crippen LogP contribution in [0, 0.1) is 45.3 Å². The lowest BCUT2D eigenvalue weighted by molar-refractivity contribution is -0.341. The van der Waals surface area contributed by atoms with E-state index in [1.165, 1.54) is 5.57 Å². The van der Waals surface area contributed by atoms with Crippen molar-refractivity contribution in [2.24, 2.45) is 45.3 Å². The van der Waals surface area contributed by atoms with E-state index in [0.717, 1.165) is 38.5 Å². The highest BCUT2D eigenvalue weighted by molar-refractivity contribution is 5.31. The van der Waals surface area contributed by atoms with Crippen LogP contribution in [0.3, 0.4) is 0 Å². The molecule has 20 atom stereocenters. The molecule has 14 nitrogen and oxygen atoms in total. The molecule has 4 aliphatic carbocycles. The third-order valence-corrected chi connectivity index (χ3v) is 18.0. The molecule has 0 aromatic heterocycles. The minimum atomic E-state index is -1.29. The molecular weight excluding hydrogens is 801 g/mol. The lowest BCUT2D eigenvalue weighted by atomic mass is 9.38. The second-order valence-corrected chi connectivity index (χ2v) is 22.5. The van der Waals surface area contributed by atoms with Crippen LogP contribution in [0.25, 0.3) is 0 Å². The molecule has 3 unspecified atom stereocenters. The Labute approximate surface area is 369 Å². The summed E-state index contributed by atoms with van der Waals surface area (Å²) in [5.74, 6) is 1.05. The van der Waals surface area contributed by atoms with Gasteiger partial charge in [-0.1, -0.05) is 53.2 Å². The average Bonchev–Trinajstić information content (AvgIpc) is 3.47. The molecule has 0 bridgehead atoms. The Morgan fingerprint density at radius 2 is 1.35 bits per heavy atom. The highest BCUT2D eigenvalue weighted by Gasteiger charge is 2.70. The number of hydrogen-bond acceptors (Lipinski definition) is 14. The Hall–Kier alpha value is -0.820. The van der Waals surface area contributed by atoms with Gasteiger partial charge in [0.15, 0.2) is 18.9 Å². The van der Waals surface area contributed by atoms with Gasteiger partial charge in [-0.15, -0.1) is 0 Å². The van der Waals surface area contributed by atoms with Crippen molar-refractivity contribution in [3.63, 3.8) is 0 Å². The maximum absolute atomic E-state index is 12.6. The lowest BCUT2D eigenvalue weighted by Gasteiger charge is -2.67. The van der Waals surface area contributed by atoms with E-state index < -0.39 is 79.4 Å². The predicted octanol–water partition coefficient (Wildman–Crippen LogP) is 4.09. The maximum atomic E-state index is 12.6. The van der Waals surface area contributed by atoms with E-state index in [2.05, 4.69) is 47.6 Å². The maximum Gasteiger partial charge on any atom is 0.187 e. The molecule has 7 rings (SSSR count). The van der Waals surface area contributed by atoms with Crippen molar-refractivity contribution in [1.29, 1.82) is 0 Å². The summed E-state index contributed by atoms with van der Waals surface area (Å²) in [7, 11) is 0. The standard InChI is InChI=1S/C48H82O14/c1-26(9-13-39(45(4,5)56)61-43-42(35(54)21-31(25-51)59-43)62-41-20-28(53)18-30(24-50)58-41)32-15-16-46(6)36-12-10-33-34(48(36,8)37(55)22-47(32,46)7)11-14-38(44(33,2)3)60-40-19-27(52)17-29(23-49)57-40/h10,26-32,34-43,49-56H,9,11-25H2,1-8H3/t26-,27+,28+,29+,30+,31+,32?,34?,35+,36?,37-,38+,39-,40+,41+,42-,43+,46+,47-,48+/m1/s1. The first-order valence-electron chi connectivity index (χ1n) is 24.0. The Balaban J connectivity index is 1.04. The Bertz CT molecular complexity index is 1540. The molecule has 358 valence electrons. The van der Waals surface area contributed by atoms with Crippen LogP contribution in [-0.2, 0) is 28.4 Å². The molecule has 3 aliphatic heterocycles. The molecular formula is C48H82O14. The molecule has 6 fully saturated rings. The molecule has 0 radical (unpaired) electrons. The number of allylic oxidation sites excluding steroid dienone is 1. The van der Waals surface area contributed by atoms with Crippen molar-refractivity contribution < 1.29 is 69.3 Å². The van der Waals surface area contributed by atoms with E-state index in [-0.39, 0.29) is 84.6 Å². The van der Waals surface area contributed by atoms with Crippen molar-refractivity contribution in [3.8, 4) is 0 Å². The van der Waals surface area contributed by atoms with E-state index in [4.69, 9.17) is 28.4 Å². The van der Waals surface area contributed by atoms with Gasteiger partial charge in [-0.25, -0.2) is 0 Å². The minimum absolute atomic E-state index is 0.0172. The van der Waals surface area contributed by atoms with Crippen molar-refractivity contribution in [2.45, 2.75) is 224 Å². The van der Waals surface area contributed by atoms with Gasteiger partial charge in [-0.2, -0.15) is 0 Å². The number of aliphatic hydroxyl groups is 8. The van der Waals surface area contributed by atoms with Gasteiger partial charge in [0.05, 0.1) is 80.4 Å². The average molecular weight is 883 g/mol. The summed E-state index contributed by atoms with van der Waals surface area (Å²) in [6.07, 6.45) is 1.36. The SMILES string of the molecule is C[C@H](CC[C@@H](O[C@@H]1O[C@H](CO)C[C@H](O)[C@H]1O[C@H]1C[C@@H](O)C[C@@H](CO)O1)C(C)(C)O)C1CC[C@@]2(C)C3CC=C4C(CC[C@H](O[C@H]5C[C@@H](O)C[C@@H](CO)O5)C4(C)C)[C@]3(C)[C@H](O)C[C@]12C. The number of ether oxygens (including phenoxy) is 6. The predicted molar refractivity (Wildman–Crippen MR) is 228 cm³/mol. The zero-order valence-corrected chi connectivity index (χ0v) is 38.7. The fraction of sp³-hybridized carbons (Fsp3) is 0.958.